The molecule has 0 radical (unpaired) electrons. The van der Waals surface area contributed by atoms with Crippen molar-refractivity contribution in [2.75, 3.05) is 26.1 Å². The summed E-state index contributed by atoms with van der Waals surface area (Å²) >= 11 is 1.40. The van der Waals surface area contributed by atoms with E-state index < -0.39 is 0 Å². The molecule has 2 amide bonds. The van der Waals surface area contributed by atoms with E-state index in [1.54, 1.807) is 19.1 Å². The average Bonchev–Trinajstić information content (AvgIpc) is 2.77. The van der Waals surface area contributed by atoms with Crippen molar-refractivity contribution in [3.63, 3.8) is 0 Å². The number of rotatable bonds is 5. The lowest BCUT2D eigenvalue weighted by Gasteiger charge is -2.23. The second kappa shape index (κ2) is 6.65. The number of hydrogen-bond acceptors (Lipinski definition) is 5. The van der Waals surface area contributed by atoms with Crippen LogP contribution in [0.1, 0.15) is 31.7 Å². The lowest BCUT2D eigenvalue weighted by atomic mass is 10.2. The summed E-state index contributed by atoms with van der Waals surface area (Å²) in [4.78, 5) is 13.5. The molecule has 0 aliphatic carbocycles. The molecule has 0 saturated heterocycles. The van der Waals surface area contributed by atoms with Crippen molar-refractivity contribution < 1.29 is 9.53 Å². The molecule has 6 nitrogen and oxygen atoms in total. The molecule has 0 bridgehead atoms. The molecule has 0 spiro atoms. The lowest BCUT2D eigenvalue weighted by molar-refractivity contribution is 0.128. The summed E-state index contributed by atoms with van der Waals surface area (Å²) in [6, 6.07) is -0.196. The van der Waals surface area contributed by atoms with Gasteiger partial charge in [0.05, 0.1) is 12.6 Å². The van der Waals surface area contributed by atoms with Crippen LogP contribution in [0.3, 0.4) is 0 Å². The third kappa shape index (κ3) is 3.92. The number of urea groups is 1. The van der Waals surface area contributed by atoms with Crippen molar-refractivity contribution >= 4 is 22.5 Å². The summed E-state index contributed by atoms with van der Waals surface area (Å²) in [7, 11) is 3.34. The van der Waals surface area contributed by atoms with Gasteiger partial charge in [-0.2, -0.15) is 0 Å². The number of aromatic nitrogens is 2. The highest BCUT2D eigenvalue weighted by Gasteiger charge is 2.17. The lowest BCUT2D eigenvalue weighted by Crippen LogP contribution is -2.40. The van der Waals surface area contributed by atoms with E-state index in [1.165, 1.54) is 11.3 Å². The number of ether oxygens (including phenoxy) is 1. The van der Waals surface area contributed by atoms with Crippen molar-refractivity contribution in [1.29, 1.82) is 0 Å². The number of carbonyl (C=O) groups is 1. The number of carbonyl (C=O) groups excluding carboxylic acids is 1. The minimum atomic E-state index is -0.203. The molecule has 7 heteroatoms. The Morgan fingerprint density at radius 2 is 2.11 bits per heavy atom. The van der Waals surface area contributed by atoms with Crippen LogP contribution in [0.2, 0.25) is 0 Å². The Balaban J connectivity index is 2.58. The van der Waals surface area contributed by atoms with Crippen LogP contribution in [0.15, 0.2) is 0 Å². The summed E-state index contributed by atoms with van der Waals surface area (Å²) in [6.45, 7) is 6.50. The highest BCUT2D eigenvalue weighted by Crippen LogP contribution is 2.22. The molecule has 0 fully saturated rings. The van der Waals surface area contributed by atoms with E-state index in [4.69, 9.17) is 4.74 Å². The molecule has 1 rings (SSSR count). The largest absolute Gasteiger partial charge is 0.383 e. The van der Waals surface area contributed by atoms with Crippen molar-refractivity contribution in [2.24, 2.45) is 0 Å². The van der Waals surface area contributed by atoms with Crippen LogP contribution in [0.4, 0.5) is 9.93 Å². The molecule has 1 aromatic rings. The van der Waals surface area contributed by atoms with Crippen molar-refractivity contribution in [1.82, 2.24) is 15.1 Å². The quantitative estimate of drug-likeness (QED) is 0.892. The molecular formula is C11H20N4O2S. The second-order valence-corrected chi connectivity index (χ2v) is 5.45. The maximum absolute atomic E-state index is 11.9. The first kappa shape index (κ1) is 14.8. The zero-order valence-corrected chi connectivity index (χ0v) is 12.2. The van der Waals surface area contributed by atoms with Crippen LogP contribution in [-0.2, 0) is 4.74 Å². The molecule has 0 aliphatic heterocycles. The Morgan fingerprint density at radius 1 is 1.44 bits per heavy atom. The first-order valence-corrected chi connectivity index (χ1v) is 6.63. The molecular weight excluding hydrogens is 252 g/mol. The minimum absolute atomic E-state index is 0.00694. The van der Waals surface area contributed by atoms with E-state index in [0.717, 1.165) is 5.01 Å². The van der Waals surface area contributed by atoms with Gasteiger partial charge in [0.25, 0.3) is 0 Å². The van der Waals surface area contributed by atoms with Gasteiger partial charge >= 0.3 is 6.03 Å². The summed E-state index contributed by atoms with van der Waals surface area (Å²) in [5.74, 6) is 0.318. The molecule has 102 valence electrons. The minimum Gasteiger partial charge on any atom is -0.383 e. The second-order valence-electron chi connectivity index (χ2n) is 4.45. The number of amides is 2. The van der Waals surface area contributed by atoms with Crippen molar-refractivity contribution in [2.45, 2.75) is 32.7 Å². The zero-order valence-electron chi connectivity index (χ0n) is 11.4. The molecule has 18 heavy (non-hydrogen) atoms. The number of nitrogens with one attached hydrogen (secondary N) is 1. The van der Waals surface area contributed by atoms with E-state index in [9.17, 15) is 4.79 Å². The average molecular weight is 272 g/mol. The fourth-order valence-corrected chi connectivity index (χ4v) is 1.99. The topological polar surface area (TPSA) is 67.3 Å². The normalized spacial score (nSPS) is 12.6. The third-order valence-corrected chi connectivity index (χ3v) is 3.68. The van der Waals surface area contributed by atoms with Crippen LogP contribution < -0.4 is 5.32 Å². The number of hydrogen-bond donors (Lipinski definition) is 1. The Labute approximate surface area is 111 Å². The van der Waals surface area contributed by atoms with Crippen LogP contribution in [0, 0.1) is 0 Å². The van der Waals surface area contributed by atoms with Gasteiger partial charge in [0.15, 0.2) is 0 Å². The molecule has 0 aliphatic rings. The molecule has 0 unspecified atom stereocenters. The van der Waals surface area contributed by atoms with E-state index in [1.807, 2.05) is 20.8 Å². The van der Waals surface area contributed by atoms with Crippen LogP contribution in [0.5, 0.6) is 0 Å². The van der Waals surface area contributed by atoms with Gasteiger partial charge < -0.3 is 9.64 Å². The molecule has 0 aromatic carbocycles. The fraction of sp³-hybridized carbons (Fsp3) is 0.727. The van der Waals surface area contributed by atoms with Crippen molar-refractivity contribution in [3.8, 4) is 0 Å². The van der Waals surface area contributed by atoms with Gasteiger partial charge in [0.2, 0.25) is 5.13 Å². The van der Waals surface area contributed by atoms with Crippen LogP contribution in [-0.4, -0.2) is 47.9 Å². The standard InChI is InChI=1S/C11H20N4O2S/c1-7(2)9-13-14-10(18-9)12-11(16)15(4)8(3)6-17-5/h7-8H,6H2,1-5H3,(H,12,14,16)/t8-/m1/s1. The first-order valence-electron chi connectivity index (χ1n) is 5.81. The summed E-state index contributed by atoms with van der Waals surface area (Å²) < 4.78 is 5.01. The maximum Gasteiger partial charge on any atom is 0.323 e. The maximum atomic E-state index is 11.9. The van der Waals surface area contributed by atoms with Gasteiger partial charge in [-0.1, -0.05) is 25.2 Å². The van der Waals surface area contributed by atoms with E-state index in [-0.39, 0.29) is 12.1 Å². The predicted octanol–water partition coefficient (Wildman–Crippen LogP) is 2.16. The summed E-state index contributed by atoms with van der Waals surface area (Å²) in [5, 5.41) is 12.1. The SMILES string of the molecule is COC[C@@H](C)N(C)C(=O)Nc1nnc(C(C)C)s1. The number of likely N-dealkylation sites (N-methyl/N-ethyl adjacent to an activating group) is 1. The Morgan fingerprint density at radius 3 is 2.61 bits per heavy atom. The van der Waals surface area contributed by atoms with Crippen LogP contribution in [0.25, 0.3) is 0 Å². The Hall–Kier alpha value is -1.21. The number of nitrogens with zero attached hydrogens (tertiary/aromatic N) is 3. The van der Waals surface area contributed by atoms with Gasteiger partial charge in [-0.3, -0.25) is 5.32 Å². The van der Waals surface area contributed by atoms with E-state index in [2.05, 4.69) is 15.5 Å². The highest BCUT2D eigenvalue weighted by atomic mass is 32.1. The highest BCUT2D eigenvalue weighted by molar-refractivity contribution is 7.15. The summed E-state index contributed by atoms with van der Waals surface area (Å²) in [5.41, 5.74) is 0. The van der Waals surface area contributed by atoms with Crippen LogP contribution >= 0.6 is 11.3 Å². The molecule has 0 saturated carbocycles. The monoisotopic (exact) mass is 272 g/mol. The molecule has 1 aromatic heterocycles. The fourth-order valence-electron chi connectivity index (χ4n) is 1.25. The Bertz CT molecular complexity index is 394. The number of anilines is 1. The van der Waals surface area contributed by atoms with Gasteiger partial charge in [-0.05, 0) is 6.92 Å². The molecule has 1 N–H and O–H groups in total. The van der Waals surface area contributed by atoms with Crippen molar-refractivity contribution in [3.05, 3.63) is 5.01 Å². The predicted molar refractivity (Wildman–Crippen MR) is 72.1 cm³/mol. The zero-order chi connectivity index (χ0) is 13.7. The van der Waals surface area contributed by atoms with Gasteiger partial charge in [-0.25, -0.2) is 4.79 Å². The van der Waals surface area contributed by atoms with Gasteiger partial charge in [0, 0.05) is 20.1 Å². The van der Waals surface area contributed by atoms with E-state index >= 15 is 0 Å². The third-order valence-electron chi connectivity index (χ3n) is 2.54. The first-order chi connectivity index (χ1) is 8.45. The van der Waals surface area contributed by atoms with E-state index in [0.29, 0.717) is 17.7 Å². The molecule has 1 atom stereocenters. The number of methoxy groups -OCH3 is 1. The van der Waals surface area contributed by atoms with Gasteiger partial charge in [0.1, 0.15) is 5.01 Å². The van der Waals surface area contributed by atoms with Gasteiger partial charge in [-0.15, -0.1) is 10.2 Å². The Kier molecular flexibility index (Phi) is 5.49. The smallest absolute Gasteiger partial charge is 0.323 e. The molecule has 1 heterocycles. The summed E-state index contributed by atoms with van der Waals surface area (Å²) in [6.07, 6.45) is 0.